The second-order valence-electron chi connectivity index (χ2n) is 5.92. The zero-order valence-corrected chi connectivity index (χ0v) is 12.0. The van der Waals surface area contributed by atoms with Crippen LogP contribution >= 0.6 is 0 Å². The molecule has 1 atom stereocenters. The first-order valence-electron chi connectivity index (χ1n) is 7.44. The Hall–Kier alpha value is -1.68. The number of nitrogens with two attached hydrogens (primary N) is 1. The quantitative estimate of drug-likeness (QED) is 0.932. The van der Waals surface area contributed by atoms with E-state index in [-0.39, 0.29) is 0 Å². The molecule has 106 valence electrons. The van der Waals surface area contributed by atoms with Crippen molar-refractivity contribution in [3.63, 3.8) is 0 Å². The minimum atomic E-state index is -0.602. The van der Waals surface area contributed by atoms with Crippen molar-refractivity contribution in [3.05, 3.63) is 48.0 Å². The summed E-state index contributed by atoms with van der Waals surface area (Å²) in [5.74, 6) is 0.871. The summed E-state index contributed by atoms with van der Waals surface area (Å²) < 4.78 is 2.20. The molecule has 20 heavy (non-hydrogen) atoms. The first-order valence-corrected chi connectivity index (χ1v) is 7.44. The predicted molar refractivity (Wildman–Crippen MR) is 79.2 cm³/mol. The lowest BCUT2D eigenvalue weighted by Crippen LogP contribution is -2.38. The van der Waals surface area contributed by atoms with Gasteiger partial charge in [0.25, 0.3) is 0 Å². The highest BCUT2D eigenvalue weighted by atomic mass is 15.3. The highest BCUT2D eigenvalue weighted by Crippen LogP contribution is 2.32. The highest BCUT2D eigenvalue weighted by Gasteiger charge is 2.31. The van der Waals surface area contributed by atoms with Crippen molar-refractivity contribution in [3.8, 4) is 0 Å². The third kappa shape index (κ3) is 2.36. The van der Waals surface area contributed by atoms with Crippen LogP contribution in [0.15, 0.2) is 36.7 Å². The maximum Gasteiger partial charge on any atom is 0.157 e. The van der Waals surface area contributed by atoms with Gasteiger partial charge in [0.1, 0.15) is 6.33 Å². The normalized spacial score (nSPS) is 19.7. The molecule has 0 saturated heterocycles. The van der Waals surface area contributed by atoms with Gasteiger partial charge in [0.2, 0.25) is 0 Å². The predicted octanol–water partition coefficient (Wildman–Crippen LogP) is 3.01. The van der Waals surface area contributed by atoms with Crippen molar-refractivity contribution in [1.29, 1.82) is 0 Å². The molecular formula is C16H22N4. The van der Waals surface area contributed by atoms with E-state index in [1.54, 1.807) is 0 Å². The van der Waals surface area contributed by atoms with Gasteiger partial charge in [-0.3, -0.25) is 0 Å². The fraction of sp³-hybridized carbons (Fsp3) is 0.500. The standard InChI is InChI=1S/C16H22N4/c1-16(17,13-8-4-2-5-9-13)15-19-18-12-20(15)14-10-6-3-7-11-14/h2,4-5,8-9,12,14H,3,6-7,10-11,17H2,1H3. The summed E-state index contributed by atoms with van der Waals surface area (Å²) in [6.45, 7) is 2.02. The van der Waals surface area contributed by atoms with Crippen LogP contribution in [0.25, 0.3) is 0 Å². The Labute approximate surface area is 120 Å². The largest absolute Gasteiger partial charge is 0.315 e. The molecule has 1 aliphatic carbocycles. The molecule has 1 aromatic heterocycles. The van der Waals surface area contributed by atoms with E-state index in [1.807, 2.05) is 31.5 Å². The van der Waals surface area contributed by atoms with E-state index in [0.29, 0.717) is 6.04 Å². The monoisotopic (exact) mass is 270 g/mol. The van der Waals surface area contributed by atoms with Crippen molar-refractivity contribution < 1.29 is 0 Å². The van der Waals surface area contributed by atoms with Gasteiger partial charge in [0, 0.05) is 6.04 Å². The fourth-order valence-corrected chi connectivity index (χ4v) is 3.15. The summed E-state index contributed by atoms with van der Waals surface area (Å²) >= 11 is 0. The van der Waals surface area contributed by atoms with E-state index in [9.17, 15) is 0 Å². The Morgan fingerprint density at radius 3 is 2.55 bits per heavy atom. The van der Waals surface area contributed by atoms with Crippen molar-refractivity contribution >= 4 is 0 Å². The SMILES string of the molecule is CC(N)(c1ccccc1)c1nncn1C1CCCCC1. The van der Waals surface area contributed by atoms with Gasteiger partial charge in [-0.25, -0.2) is 0 Å². The molecule has 0 radical (unpaired) electrons. The first-order chi connectivity index (χ1) is 9.69. The molecule has 0 aliphatic heterocycles. The Balaban J connectivity index is 1.96. The minimum absolute atomic E-state index is 0.500. The van der Waals surface area contributed by atoms with E-state index in [0.717, 1.165) is 11.4 Å². The Morgan fingerprint density at radius 2 is 1.85 bits per heavy atom. The summed E-state index contributed by atoms with van der Waals surface area (Å²) in [5, 5.41) is 8.45. The minimum Gasteiger partial charge on any atom is -0.315 e. The van der Waals surface area contributed by atoms with Crippen molar-refractivity contribution in [2.45, 2.75) is 50.6 Å². The number of hydrogen-bond acceptors (Lipinski definition) is 3. The van der Waals surface area contributed by atoms with Crippen LogP contribution in [-0.4, -0.2) is 14.8 Å². The third-order valence-electron chi connectivity index (χ3n) is 4.38. The number of nitrogens with zero attached hydrogens (tertiary/aromatic N) is 3. The van der Waals surface area contributed by atoms with Gasteiger partial charge in [-0.15, -0.1) is 10.2 Å². The van der Waals surface area contributed by atoms with Crippen LogP contribution < -0.4 is 5.73 Å². The van der Waals surface area contributed by atoms with Crippen molar-refractivity contribution in [2.75, 3.05) is 0 Å². The number of rotatable bonds is 3. The van der Waals surface area contributed by atoms with Gasteiger partial charge < -0.3 is 10.3 Å². The van der Waals surface area contributed by atoms with Gasteiger partial charge in [-0.1, -0.05) is 49.6 Å². The molecule has 1 aliphatic rings. The summed E-state index contributed by atoms with van der Waals surface area (Å²) in [6, 6.07) is 10.6. The molecule has 0 amide bonds. The summed E-state index contributed by atoms with van der Waals surface area (Å²) in [6.07, 6.45) is 8.17. The van der Waals surface area contributed by atoms with E-state index in [4.69, 9.17) is 5.73 Å². The zero-order valence-electron chi connectivity index (χ0n) is 12.0. The molecule has 1 fully saturated rings. The molecule has 4 heteroatoms. The third-order valence-corrected chi connectivity index (χ3v) is 4.38. The second kappa shape index (κ2) is 5.37. The lowest BCUT2D eigenvalue weighted by molar-refractivity contribution is 0.332. The van der Waals surface area contributed by atoms with Gasteiger partial charge in [0.15, 0.2) is 5.82 Å². The molecule has 3 rings (SSSR count). The van der Waals surface area contributed by atoms with Crippen LogP contribution in [0.2, 0.25) is 0 Å². The van der Waals surface area contributed by atoms with E-state index in [2.05, 4.69) is 26.9 Å². The second-order valence-corrected chi connectivity index (χ2v) is 5.92. The molecule has 0 bridgehead atoms. The molecule has 1 heterocycles. The van der Waals surface area contributed by atoms with Gasteiger partial charge in [-0.2, -0.15) is 0 Å². The fourth-order valence-electron chi connectivity index (χ4n) is 3.15. The van der Waals surface area contributed by atoms with Crippen LogP contribution in [0, 0.1) is 0 Å². The van der Waals surface area contributed by atoms with E-state index < -0.39 is 5.54 Å². The zero-order chi connectivity index (χ0) is 14.0. The summed E-state index contributed by atoms with van der Waals surface area (Å²) in [5.41, 5.74) is 7.06. The van der Waals surface area contributed by atoms with Crippen LogP contribution in [0.4, 0.5) is 0 Å². The lowest BCUT2D eigenvalue weighted by atomic mass is 9.90. The topological polar surface area (TPSA) is 56.7 Å². The van der Waals surface area contributed by atoms with Gasteiger partial charge >= 0.3 is 0 Å². The van der Waals surface area contributed by atoms with Crippen molar-refractivity contribution in [2.24, 2.45) is 5.73 Å². The molecule has 2 N–H and O–H groups in total. The molecule has 2 aromatic rings. The number of benzene rings is 1. The van der Waals surface area contributed by atoms with Gasteiger partial charge in [-0.05, 0) is 25.3 Å². The number of aromatic nitrogens is 3. The lowest BCUT2D eigenvalue weighted by Gasteiger charge is -2.30. The first kappa shape index (κ1) is 13.3. The molecular weight excluding hydrogens is 248 g/mol. The maximum absolute atomic E-state index is 6.59. The van der Waals surface area contributed by atoms with Crippen LogP contribution in [0.3, 0.4) is 0 Å². The molecule has 0 spiro atoms. The van der Waals surface area contributed by atoms with E-state index in [1.165, 1.54) is 32.1 Å². The number of hydrogen-bond donors (Lipinski definition) is 1. The summed E-state index contributed by atoms with van der Waals surface area (Å²) in [7, 11) is 0. The Morgan fingerprint density at radius 1 is 1.15 bits per heavy atom. The molecule has 4 nitrogen and oxygen atoms in total. The van der Waals surface area contributed by atoms with Gasteiger partial charge in [0.05, 0.1) is 5.54 Å². The van der Waals surface area contributed by atoms with E-state index >= 15 is 0 Å². The van der Waals surface area contributed by atoms with Crippen LogP contribution in [0.1, 0.15) is 56.5 Å². The van der Waals surface area contributed by atoms with Crippen LogP contribution in [0.5, 0.6) is 0 Å². The Kier molecular flexibility index (Phi) is 3.57. The average molecular weight is 270 g/mol. The Bertz CT molecular complexity index is 553. The average Bonchev–Trinajstić information content (AvgIpc) is 2.99. The smallest absolute Gasteiger partial charge is 0.157 e. The van der Waals surface area contributed by atoms with Crippen molar-refractivity contribution in [1.82, 2.24) is 14.8 Å². The highest BCUT2D eigenvalue weighted by molar-refractivity contribution is 5.30. The molecule has 1 saturated carbocycles. The molecule has 1 unspecified atom stereocenters. The molecule has 1 aromatic carbocycles. The van der Waals surface area contributed by atoms with Crippen LogP contribution in [-0.2, 0) is 5.54 Å². The maximum atomic E-state index is 6.59. The summed E-state index contributed by atoms with van der Waals surface area (Å²) in [4.78, 5) is 0.